The Kier molecular flexibility index (Phi) is 50.6. The second-order valence-corrected chi connectivity index (χ2v) is 17.0. The number of allylic oxidation sites excluding steroid dienone is 22. The van der Waals surface area contributed by atoms with E-state index in [1.165, 1.54) is 51.4 Å². The van der Waals surface area contributed by atoms with Crippen LogP contribution in [-0.2, 0) is 28.6 Å². The Hall–Kier alpha value is -4.45. The lowest BCUT2D eigenvalue weighted by Gasteiger charge is -2.18. The fourth-order valence-electron chi connectivity index (χ4n) is 6.62. The van der Waals surface area contributed by atoms with Crippen LogP contribution in [0.4, 0.5) is 0 Å². The summed E-state index contributed by atoms with van der Waals surface area (Å²) >= 11 is 0. The molecule has 0 amide bonds. The normalized spacial score (nSPS) is 13.2. The molecule has 376 valence electrons. The summed E-state index contributed by atoms with van der Waals surface area (Å²) in [7, 11) is 0. The van der Waals surface area contributed by atoms with E-state index >= 15 is 0 Å². The Morgan fingerprint density at radius 2 is 0.612 bits per heavy atom. The first-order valence-electron chi connectivity index (χ1n) is 26.7. The lowest BCUT2D eigenvalue weighted by atomic mass is 10.1. The molecule has 0 aromatic carbocycles. The van der Waals surface area contributed by atoms with E-state index in [-0.39, 0.29) is 50.4 Å². The van der Waals surface area contributed by atoms with Crippen molar-refractivity contribution in [2.24, 2.45) is 0 Å². The van der Waals surface area contributed by atoms with E-state index in [9.17, 15) is 14.4 Å². The third kappa shape index (κ3) is 52.4. The quantitative estimate of drug-likeness (QED) is 0.0262. The molecule has 0 aliphatic heterocycles. The summed E-state index contributed by atoms with van der Waals surface area (Å²) in [5.41, 5.74) is 0. The topological polar surface area (TPSA) is 78.9 Å². The number of carbonyl (C=O) groups is 3. The first kappa shape index (κ1) is 62.5. The van der Waals surface area contributed by atoms with Crippen molar-refractivity contribution in [2.75, 3.05) is 13.2 Å². The van der Waals surface area contributed by atoms with Gasteiger partial charge in [0, 0.05) is 19.3 Å². The smallest absolute Gasteiger partial charge is 0.306 e. The van der Waals surface area contributed by atoms with Gasteiger partial charge in [-0.3, -0.25) is 14.4 Å². The van der Waals surface area contributed by atoms with Gasteiger partial charge in [0.25, 0.3) is 0 Å². The van der Waals surface area contributed by atoms with Crippen molar-refractivity contribution in [2.45, 2.75) is 219 Å². The second kappa shape index (κ2) is 54.2. The van der Waals surface area contributed by atoms with Crippen molar-refractivity contribution < 1.29 is 28.6 Å². The van der Waals surface area contributed by atoms with Crippen LogP contribution in [0, 0.1) is 0 Å². The molecule has 0 fully saturated rings. The molecule has 0 bridgehead atoms. The first-order valence-corrected chi connectivity index (χ1v) is 26.7. The maximum Gasteiger partial charge on any atom is 0.306 e. The third-order valence-electron chi connectivity index (χ3n) is 10.6. The van der Waals surface area contributed by atoms with Crippen molar-refractivity contribution in [3.63, 3.8) is 0 Å². The van der Waals surface area contributed by atoms with Crippen molar-refractivity contribution in [1.82, 2.24) is 0 Å². The number of rotatable bonds is 46. The van der Waals surface area contributed by atoms with Crippen LogP contribution < -0.4 is 0 Å². The van der Waals surface area contributed by atoms with Crippen molar-refractivity contribution >= 4 is 17.9 Å². The number of hydrogen-bond donors (Lipinski definition) is 0. The molecule has 0 radical (unpaired) electrons. The van der Waals surface area contributed by atoms with E-state index in [4.69, 9.17) is 14.2 Å². The average Bonchev–Trinajstić information content (AvgIpc) is 3.33. The first-order chi connectivity index (χ1) is 33.0. The van der Waals surface area contributed by atoms with Crippen LogP contribution >= 0.6 is 0 Å². The second-order valence-electron chi connectivity index (χ2n) is 17.0. The van der Waals surface area contributed by atoms with Gasteiger partial charge >= 0.3 is 17.9 Å². The van der Waals surface area contributed by atoms with Crippen LogP contribution in [0.5, 0.6) is 0 Å². The fraction of sp³-hybridized carbons (Fsp3) is 0.590. The van der Waals surface area contributed by atoms with Gasteiger partial charge in [-0.05, 0) is 128 Å². The predicted octanol–water partition coefficient (Wildman–Crippen LogP) is 17.9. The lowest BCUT2D eigenvalue weighted by Crippen LogP contribution is -2.30. The molecule has 67 heavy (non-hydrogen) atoms. The molecule has 0 aromatic heterocycles. The summed E-state index contributed by atoms with van der Waals surface area (Å²) in [6, 6.07) is 0. The number of esters is 3. The van der Waals surface area contributed by atoms with E-state index in [0.717, 1.165) is 109 Å². The summed E-state index contributed by atoms with van der Waals surface area (Å²) in [6.07, 6.45) is 75.9. The van der Waals surface area contributed by atoms with E-state index in [1.54, 1.807) is 0 Å². The van der Waals surface area contributed by atoms with E-state index in [0.29, 0.717) is 12.8 Å². The number of unbranched alkanes of at least 4 members (excludes halogenated alkanes) is 13. The summed E-state index contributed by atoms with van der Waals surface area (Å²) < 4.78 is 16.7. The molecule has 0 rings (SSSR count). The van der Waals surface area contributed by atoms with Crippen LogP contribution in [0.15, 0.2) is 134 Å². The van der Waals surface area contributed by atoms with Crippen molar-refractivity contribution in [1.29, 1.82) is 0 Å². The Labute approximate surface area is 411 Å². The highest BCUT2D eigenvalue weighted by Gasteiger charge is 2.19. The van der Waals surface area contributed by atoms with Gasteiger partial charge < -0.3 is 14.2 Å². The minimum Gasteiger partial charge on any atom is -0.462 e. The zero-order valence-corrected chi connectivity index (χ0v) is 42.9. The molecule has 0 heterocycles. The van der Waals surface area contributed by atoms with Gasteiger partial charge in [0.15, 0.2) is 6.10 Å². The summed E-state index contributed by atoms with van der Waals surface area (Å²) in [4.78, 5) is 38.0. The van der Waals surface area contributed by atoms with E-state index in [2.05, 4.69) is 142 Å². The maximum absolute atomic E-state index is 12.8. The molecule has 0 aliphatic rings. The minimum absolute atomic E-state index is 0.132. The van der Waals surface area contributed by atoms with Crippen LogP contribution in [-0.4, -0.2) is 37.2 Å². The monoisotopic (exact) mass is 925 g/mol. The van der Waals surface area contributed by atoms with E-state index < -0.39 is 6.10 Å². The molecule has 0 aliphatic carbocycles. The predicted molar refractivity (Wildman–Crippen MR) is 288 cm³/mol. The largest absolute Gasteiger partial charge is 0.462 e. The van der Waals surface area contributed by atoms with Crippen molar-refractivity contribution in [3.05, 3.63) is 134 Å². The fourth-order valence-corrected chi connectivity index (χ4v) is 6.62. The number of carbonyl (C=O) groups excluding carboxylic acids is 3. The van der Waals surface area contributed by atoms with Gasteiger partial charge in [0.2, 0.25) is 0 Å². The lowest BCUT2D eigenvalue weighted by molar-refractivity contribution is -0.166. The minimum atomic E-state index is -0.836. The Morgan fingerprint density at radius 1 is 0.313 bits per heavy atom. The molecule has 0 aromatic rings. The molecule has 6 nitrogen and oxygen atoms in total. The standard InChI is InChI=1S/C61H96O6/c1-4-7-10-13-16-19-22-25-28-29-30-31-34-36-39-42-45-48-51-54-60(63)66-57-58(67-61(64)55-52-49-46-43-40-37-33-27-24-21-18-15-12-9-6-3)56-65-59(62)53-50-47-44-41-38-35-32-26-23-20-17-14-11-8-5-2/h7,10,16-21,25-28,30-33,36,38-39,41,45,48,58H,4-6,8-9,11-15,22-24,29,34-35,37,40,42-44,46-47,49-57H2,1-3H3/b10-7-,19-16-,20-17-,21-18-,28-25-,31-30-,32-26-,33-27-,39-36-,41-38-,48-45-/t58-/m0/s1. The Morgan fingerprint density at radius 3 is 1.03 bits per heavy atom. The zero-order chi connectivity index (χ0) is 48.6. The van der Waals surface area contributed by atoms with Gasteiger partial charge in [-0.15, -0.1) is 0 Å². The summed E-state index contributed by atoms with van der Waals surface area (Å²) in [5, 5.41) is 0. The van der Waals surface area contributed by atoms with Crippen LogP contribution in [0.25, 0.3) is 0 Å². The van der Waals surface area contributed by atoms with Gasteiger partial charge in [-0.25, -0.2) is 0 Å². The highest BCUT2D eigenvalue weighted by molar-refractivity contribution is 5.71. The Bertz CT molecular complexity index is 1480. The van der Waals surface area contributed by atoms with Crippen LogP contribution in [0.2, 0.25) is 0 Å². The molecule has 1 atom stereocenters. The highest BCUT2D eigenvalue weighted by Crippen LogP contribution is 2.11. The number of hydrogen-bond acceptors (Lipinski definition) is 6. The van der Waals surface area contributed by atoms with Gasteiger partial charge in [0.1, 0.15) is 13.2 Å². The molecule has 0 saturated carbocycles. The molecule has 6 heteroatoms. The van der Waals surface area contributed by atoms with E-state index in [1.807, 2.05) is 12.2 Å². The van der Waals surface area contributed by atoms with Gasteiger partial charge in [0.05, 0.1) is 0 Å². The third-order valence-corrected chi connectivity index (χ3v) is 10.6. The van der Waals surface area contributed by atoms with Gasteiger partial charge in [-0.1, -0.05) is 199 Å². The highest BCUT2D eigenvalue weighted by atomic mass is 16.6. The van der Waals surface area contributed by atoms with Crippen molar-refractivity contribution in [3.8, 4) is 0 Å². The summed E-state index contributed by atoms with van der Waals surface area (Å²) in [5.74, 6) is -1.08. The van der Waals surface area contributed by atoms with Crippen LogP contribution in [0.3, 0.4) is 0 Å². The zero-order valence-electron chi connectivity index (χ0n) is 42.9. The maximum atomic E-state index is 12.8. The molecule has 0 N–H and O–H groups in total. The molecule has 0 saturated heterocycles. The molecular weight excluding hydrogens is 829 g/mol. The number of ether oxygens (including phenoxy) is 3. The SMILES string of the molecule is CC/C=C\C/C=C\C/C=C\C/C=C\C/C=C\C/C=C\CCC(=O)OC[C@H](COC(=O)CCCC/C=C\C/C=C\C/C=C\CCCCC)OC(=O)CCCCCCC/C=C\C/C=C\CCCCC. The average molecular weight is 925 g/mol. The van der Waals surface area contributed by atoms with Crippen LogP contribution in [0.1, 0.15) is 213 Å². The molecule has 0 unspecified atom stereocenters. The van der Waals surface area contributed by atoms with Gasteiger partial charge in [-0.2, -0.15) is 0 Å². The molecule has 0 spiro atoms. The summed E-state index contributed by atoms with van der Waals surface area (Å²) in [6.45, 7) is 6.34. The Balaban J connectivity index is 4.61. The molecular formula is C61H96O6.